The van der Waals surface area contributed by atoms with E-state index >= 15 is 0 Å². The molecule has 2 rings (SSSR count). The van der Waals surface area contributed by atoms with Crippen LogP contribution in [0.5, 0.6) is 5.75 Å². The summed E-state index contributed by atoms with van der Waals surface area (Å²) in [4.78, 5) is 12.7. The summed E-state index contributed by atoms with van der Waals surface area (Å²) in [6, 6.07) is 9.64. The molecule has 0 bridgehead atoms. The van der Waals surface area contributed by atoms with Crippen molar-refractivity contribution in [1.82, 2.24) is 0 Å². The fourth-order valence-corrected chi connectivity index (χ4v) is 3.11. The number of hydrogen-bond donors (Lipinski definition) is 1. The highest BCUT2D eigenvalue weighted by Crippen LogP contribution is 2.34. The summed E-state index contributed by atoms with van der Waals surface area (Å²) < 4.78 is 43.4. The van der Waals surface area contributed by atoms with Gasteiger partial charge in [0.05, 0.1) is 23.6 Å². The van der Waals surface area contributed by atoms with Crippen molar-refractivity contribution < 1.29 is 22.7 Å². The summed E-state index contributed by atoms with van der Waals surface area (Å²) in [7, 11) is 1.46. The Morgan fingerprint density at radius 1 is 1.24 bits per heavy atom. The molecular formula is C17H15ClF3NO2S. The maximum atomic E-state index is 12.8. The van der Waals surface area contributed by atoms with E-state index in [1.165, 1.54) is 19.2 Å². The average molecular weight is 390 g/mol. The minimum Gasteiger partial charge on any atom is -0.495 e. The van der Waals surface area contributed by atoms with Crippen molar-refractivity contribution in [2.45, 2.75) is 23.2 Å². The Bertz CT molecular complexity index is 768. The Kier molecular flexibility index (Phi) is 6.24. The Labute approximate surface area is 152 Å². The van der Waals surface area contributed by atoms with E-state index in [4.69, 9.17) is 16.3 Å². The Morgan fingerprint density at radius 3 is 2.60 bits per heavy atom. The van der Waals surface area contributed by atoms with E-state index in [0.717, 1.165) is 23.9 Å². The lowest BCUT2D eigenvalue weighted by molar-refractivity contribution is -0.137. The summed E-state index contributed by atoms with van der Waals surface area (Å²) >= 11 is 6.94. The molecule has 0 aliphatic heterocycles. The summed E-state index contributed by atoms with van der Waals surface area (Å²) in [5, 5.41) is 2.48. The molecule has 8 heteroatoms. The molecule has 0 fully saturated rings. The van der Waals surface area contributed by atoms with Gasteiger partial charge >= 0.3 is 6.18 Å². The minimum absolute atomic E-state index is 0.357. The number of alkyl halides is 3. The number of rotatable bonds is 5. The molecule has 1 atom stereocenters. The van der Waals surface area contributed by atoms with Gasteiger partial charge in [-0.3, -0.25) is 4.79 Å². The number of carbonyl (C=O) groups is 1. The first-order chi connectivity index (χ1) is 11.7. The first kappa shape index (κ1) is 19.5. The molecule has 0 unspecified atom stereocenters. The first-order valence-electron chi connectivity index (χ1n) is 7.19. The molecular weight excluding hydrogens is 375 g/mol. The van der Waals surface area contributed by atoms with Crippen LogP contribution >= 0.6 is 23.4 Å². The van der Waals surface area contributed by atoms with E-state index in [1.807, 2.05) is 0 Å². The maximum Gasteiger partial charge on any atom is 0.416 e. The van der Waals surface area contributed by atoms with Gasteiger partial charge in [0.25, 0.3) is 0 Å². The van der Waals surface area contributed by atoms with Gasteiger partial charge in [-0.1, -0.05) is 17.7 Å². The number of amides is 1. The van der Waals surface area contributed by atoms with Gasteiger partial charge in [0.2, 0.25) is 5.91 Å². The second-order valence-corrected chi connectivity index (χ2v) is 6.97. The molecule has 0 heterocycles. The lowest BCUT2D eigenvalue weighted by Crippen LogP contribution is -2.22. The van der Waals surface area contributed by atoms with Crippen molar-refractivity contribution in [1.29, 1.82) is 0 Å². The molecule has 3 nitrogen and oxygen atoms in total. The van der Waals surface area contributed by atoms with Crippen molar-refractivity contribution in [2.75, 3.05) is 12.4 Å². The molecule has 0 saturated heterocycles. The Balaban J connectivity index is 2.10. The van der Waals surface area contributed by atoms with Crippen LogP contribution in [0, 0.1) is 0 Å². The first-order valence-corrected chi connectivity index (χ1v) is 8.45. The molecule has 0 aliphatic rings. The van der Waals surface area contributed by atoms with Crippen LogP contribution in [-0.2, 0) is 11.0 Å². The third-order valence-electron chi connectivity index (χ3n) is 3.26. The van der Waals surface area contributed by atoms with Gasteiger partial charge in [-0.2, -0.15) is 13.2 Å². The van der Waals surface area contributed by atoms with E-state index in [0.29, 0.717) is 21.4 Å². The van der Waals surface area contributed by atoms with Crippen LogP contribution in [0.1, 0.15) is 12.5 Å². The third kappa shape index (κ3) is 5.31. The van der Waals surface area contributed by atoms with Crippen molar-refractivity contribution in [3.63, 3.8) is 0 Å². The molecule has 0 radical (unpaired) electrons. The average Bonchev–Trinajstić information content (AvgIpc) is 2.54. The van der Waals surface area contributed by atoms with Gasteiger partial charge < -0.3 is 10.1 Å². The number of carbonyl (C=O) groups excluding carboxylic acids is 1. The van der Waals surface area contributed by atoms with Crippen LogP contribution in [0.3, 0.4) is 0 Å². The van der Waals surface area contributed by atoms with Gasteiger partial charge in [0.1, 0.15) is 5.75 Å². The highest BCUT2D eigenvalue weighted by atomic mass is 35.5. The second-order valence-electron chi connectivity index (χ2n) is 5.12. The number of anilines is 1. The van der Waals surface area contributed by atoms with Crippen LogP contribution in [0.2, 0.25) is 5.02 Å². The van der Waals surface area contributed by atoms with Crippen LogP contribution in [0.25, 0.3) is 0 Å². The minimum atomic E-state index is -4.42. The summed E-state index contributed by atoms with van der Waals surface area (Å²) in [6.07, 6.45) is -4.42. The van der Waals surface area contributed by atoms with Gasteiger partial charge in [-0.15, -0.1) is 11.8 Å². The lowest BCUT2D eigenvalue weighted by Gasteiger charge is -2.15. The topological polar surface area (TPSA) is 38.3 Å². The number of halogens is 4. The van der Waals surface area contributed by atoms with E-state index in [2.05, 4.69) is 5.32 Å². The van der Waals surface area contributed by atoms with Crippen molar-refractivity contribution in [3.8, 4) is 5.75 Å². The molecule has 2 aromatic carbocycles. The molecule has 0 aromatic heterocycles. The zero-order valence-electron chi connectivity index (χ0n) is 13.4. The predicted octanol–water partition coefficient (Wildman–Crippen LogP) is 5.49. The van der Waals surface area contributed by atoms with Crippen LogP contribution in [0.15, 0.2) is 47.4 Å². The molecule has 2 aromatic rings. The van der Waals surface area contributed by atoms with E-state index in [1.54, 1.807) is 25.1 Å². The summed E-state index contributed by atoms with van der Waals surface area (Å²) in [5.41, 5.74) is -0.349. The lowest BCUT2D eigenvalue weighted by atomic mass is 10.2. The number of nitrogens with one attached hydrogen (secondary N) is 1. The predicted molar refractivity (Wildman–Crippen MR) is 93.4 cm³/mol. The number of ether oxygens (including phenoxy) is 1. The van der Waals surface area contributed by atoms with Crippen molar-refractivity contribution in [2.24, 2.45) is 0 Å². The monoisotopic (exact) mass is 389 g/mol. The highest BCUT2D eigenvalue weighted by Gasteiger charge is 2.30. The fourth-order valence-electron chi connectivity index (χ4n) is 2.02. The molecule has 0 aliphatic carbocycles. The van der Waals surface area contributed by atoms with Crippen LogP contribution in [-0.4, -0.2) is 18.3 Å². The third-order valence-corrected chi connectivity index (χ3v) is 4.59. The van der Waals surface area contributed by atoms with Gasteiger partial charge in [0.15, 0.2) is 0 Å². The molecule has 134 valence electrons. The van der Waals surface area contributed by atoms with E-state index in [-0.39, 0.29) is 5.91 Å². The van der Waals surface area contributed by atoms with E-state index < -0.39 is 17.0 Å². The van der Waals surface area contributed by atoms with Crippen LogP contribution in [0.4, 0.5) is 18.9 Å². The maximum absolute atomic E-state index is 12.8. The highest BCUT2D eigenvalue weighted by molar-refractivity contribution is 8.00. The van der Waals surface area contributed by atoms with Crippen LogP contribution < -0.4 is 10.1 Å². The Morgan fingerprint density at radius 2 is 1.96 bits per heavy atom. The largest absolute Gasteiger partial charge is 0.495 e. The fraction of sp³-hybridized carbons (Fsp3) is 0.235. The number of hydrogen-bond acceptors (Lipinski definition) is 3. The van der Waals surface area contributed by atoms with E-state index in [9.17, 15) is 18.0 Å². The number of benzene rings is 2. The SMILES string of the molecule is COc1ccc(Cl)cc1NC(=O)[C@H](C)Sc1cccc(C(F)(F)F)c1. The second kappa shape index (κ2) is 8.01. The van der Waals surface area contributed by atoms with Crippen molar-refractivity contribution >= 4 is 35.0 Å². The Hall–Kier alpha value is -1.86. The zero-order chi connectivity index (χ0) is 18.6. The van der Waals surface area contributed by atoms with Gasteiger partial charge in [-0.25, -0.2) is 0 Å². The molecule has 1 amide bonds. The number of methoxy groups -OCH3 is 1. The molecule has 25 heavy (non-hydrogen) atoms. The number of thioether (sulfide) groups is 1. The van der Waals surface area contributed by atoms with Gasteiger partial charge in [-0.05, 0) is 43.3 Å². The van der Waals surface area contributed by atoms with Gasteiger partial charge in [0, 0.05) is 9.92 Å². The summed E-state index contributed by atoms with van der Waals surface area (Å²) in [5.74, 6) is 0.0667. The van der Waals surface area contributed by atoms with Crippen molar-refractivity contribution in [3.05, 3.63) is 53.1 Å². The molecule has 1 N–H and O–H groups in total. The molecule has 0 saturated carbocycles. The smallest absolute Gasteiger partial charge is 0.416 e. The standard InChI is InChI=1S/C17H15ClF3NO2S/c1-10(25-13-5-3-4-11(8-13)17(19,20)21)16(23)22-14-9-12(18)6-7-15(14)24-2/h3-10H,1-2H3,(H,22,23)/t10-/m0/s1. The zero-order valence-corrected chi connectivity index (χ0v) is 14.9. The molecule has 0 spiro atoms. The summed E-state index contributed by atoms with van der Waals surface area (Å²) in [6.45, 7) is 1.61. The quantitative estimate of drug-likeness (QED) is 0.687. The normalized spacial score (nSPS) is 12.6.